The number of aromatic nitrogens is 2. The molecule has 10 nitrogen and oxygen atoms in total. The molecule has 1 aromatic heterocycles. The van der Waals surface area contributed by atoms with E-state index in [1.165, 1.54) is 0 Å². The van der Waals surface area contributed by atoms with Crippen LogP contribution in [-0.4, -0.2) is 77.7 Å². The molecule has 0 aliphatic carbocycles. The van der Waals surface area contributed by atoms with Crippen molar-refractivity contribution in [3.8, 4) is 17.2 Å². The van der Waals surface area contributed by atoms with Crippen LogP contribution in [0.4, 0.5) is 0 Å². The number of carbonyl (C=O) groups is 2. The molecular formula is C31H37N5O5. The maximum atomic E-state index is 13.5. The minimum atomic E-state index is -0.360. The summed E-state index contributed by atoms with van der Waals surface area (Å²) in [5.74, 6) is 2.33. The number of benzene rings is 2. The van der Waals surface area contributed by atoms with E-state index in [-0.39, 0.29) is 30.4 Å². The zero-order valence-corrected chi connectivity index (χ0v) is 23.7. The molecule has 0 spiro atoms. The number of aryl methyl sites for hydroxylation is 2. The molecule has 0 unspecified atom stereocenters. The lowest BCUT2D eigenvalue weighted by molar-refractivity contribution is -0.124. The molecule has 2 amide bonds. The van der Waals surface area contributed by atoms with E-state index in [1.807, 2.05) is 24.3 Å². The summed E-state index contributed by atoms with van der Waals surface area (Å²) in [7, 11) is 0. The van der Waals surface area contributed by atoms with E-state index >= 15 is 0 Å². The standard InChI is InChI=1S/C31H37N5O5/c1-3-29-33-20(2)26(34-29)18-35-11-5-10-32-30(37)25-17-36(31(38)22-8-9-27-28(15-22)41-19-40-27)16-24(25)21-6-4-7-23(14-21)39-13-12-35/h4,6-9,14-15,24-25H,3,5,10-13,16-19H2,1-2H3,(H,32,37)(H,33,34)/t24-,25+/m1/s1. The zero-order chi connectivity index (χ0) is 28.3. The largest absolute Gasteiger partial charge is 0.492 e. The number of fused-ring (bicyclic) bond motifs is 5. The Morgan fingerprint density at radius 3 is 2.76 bits per heavy atom. The highest BCUT2D eigenvalue weighted by Crippen LogP contribution is 2.37. The van der Waals surface area contributed by atoms with Crippen LogP contribution >= 0.6 is 0 Å². The first-order valence-corrected chi connectivity index (χ1v) is 14.4. The molecule has 2 atom stereocenters. The van der Waals surface area contributed by atoms with Gasteiger partial charge in [0.15, 0.2) is 11.5 Å². The quantitative estimate of drug-likeness (QED) is 0.505. The molecule has 3 aliphatic heterocycles. The predicted molar refractivity (Wildman–Crippen MR) is 152 cm³/mol. The first kappa shape index (κ1) is 27.1. The fourth-order valence-corrected chi connectivity index (χ4v) is 5.92. The Morgan fingerprint density at radius 1 is 1.05 bits per heavy atom. The summed E-state index contributed by atoms with van der Waals surface area (Å²) in [5, 5.41) is 3.17. The molecule has 10 heteroatoms. The number of ether oxygens (including phenoxy) is 3. The lowest BCUT2D eigenvalue weighted by Crippen LogP contribution is -2.37. The number of hydrogen-bond acceptors (Lipinski definition) is 7. The predicted octanol–water partition coefficient (Wildman–Crippen LogP) is 3.27. The highest BCUT2D eigenvalue weighted by atomic mass is 16.7. The summed E-state index contributed by atoms with van der Waals surface area (Å²) in [5.41, 5.74) is 3.66. The normalized spacial score (nSPS) is 21.1. The van der Waals surface area contributed by atoms with E-state index in [1.54, 1.807) is 23.1 Å². The zero-order valence-electron chi connectivity index (χ0n) is 23.7. The van der Waals surface area contributed by atoms with Gasteiger partial charge in [-0.3, -0.25) is 14.5 Å². The van der Waals surface area contributed by atoms with Gasteiger partial charge < -0.3 is 29.4 Å². The van der Waals surface area contributed by atoms with Gasteiger partial charge in [0.2, 0.25) is 12.7 Å². The van der Waals surface area contributed by atoms with E-state index < -0.39 is 0 Å². The summed E-state index contributed by atoms with van der Waals surface area (Å²) >= 11 is 0. The van der Waals surface area contributed by atoms with Crippen LogP contribution < -0.4 is 19.5 Å². The Balaban J connectivity index is 1.19. The Bertz CT molecular complexity index is 1420. The number of hydrogen-bond donors (Lipinski definition) is 2. The van der Waals surface area contributed by atoms with Gasteiger partial charge >= 0.3 is 0 Å². The van der Waals surface area contributed by atoms with Crippen molar-refractivity contribution < 1.29 is 23.8 Å². The van der Waals surface area contributed by atoms with Gasteiger partial charge in [0.1, 0.15) is 18.2 Å². The average Bonchev–Trinajstić information content (AvgIpc) is 3.72. The SMILES string of the molecule is CCc1nc(CN2CCCNC(=O)[C@H]3CN(C(=O)c4ccc5c(c4)OCO5)C[C@@H]3c3cccc(c3)OCC2)c(C)[nH]1. The number of aromatic amines is 1. The van der Waals surface area contributed by atoms with Crippen LogP contribution in [0.5, 0.6) is 17.2 Å². The Labute approximate surface area is 240 Å². The van der Waals surface area contributed by atoms with Crippen molar-refractivity contribution in [2.24, 2.45) is 5.92 Å². The second-order valence-electron chi connectivity index (χ2n) is 10.9. The molecule has 2 bridgehead atoms. The van der Waals surface area contributed by atoms with Gasteiger partial charge in [0, 0.05) is 62.9 Å². The van der Waals surface area contributed by atoms with Crippen molar-refractivity contribution in [2.75, 3.05) is 46.1 Å². The number of nitrogens with one attached hydrogen (secondary N) is 2. The number of rotatable bonds is 4. The minimum Gasteiger partial charge on any atom is -0.492 e. The van der Waals surface area contributed by atoms with Crippen molar-refractivity contribution in [1.29, 1.82) is 0 Å². The summed E-state index contributed by atoms with van der Waals surface area (Å²) in [6, 6.07) is 13.2. The highest BCUT2D eigenvalue weighted by Gasteiger charge is 2.41. The van der Waals surface area contributed by atoms with E-state index in [0.717, 1.165) is 61.0 Å². The number of imidazole rings is 1. The van der Waals surface area contributed by atoms with Gasteiger partial charge in [0.25, 0.3) is 5.91 Å². The van der Waals surface area contributed by atoms with Crippen LogP contribution in [0, 0.1) is 12.8 Å². The van der Waals surface area contributed by atoms with Gasteiger partial charge in [-0.2, -0.15) is 0 Å². The summed E-state index contributed by atoms with van der Waals surface area (Å²) in [6.07, 6.45) is 1.67. The molecule has 41 heavy (non-hydrogen) atoms. The van der Waals surface area contributed by atoms with Crippen molar-refractivity contribution in [3.05, 3.63) is 70.8 Å². The van der Waals surface area contributed by atoms with Gasteiger partial charge in [-0.15, -0.1) is 0 Å². The summed E-state index contributed by atoms with van der Waals surface area (Å²) in [4.78, 5) is 39.3. The first-order chi connectivity index (χ1) is 20.0. The van der Waals surface area contributed by atoms with Crippen molar-refractivity contribution in [3.63, 3.8) is 0 Å². The second kappa shape index (κ2) is 11.8. The van der Waals surface area contributed by atoms with E-state index in [2.05, 4.69) is 29.0 Å². The van der Waals surface area contributed by atoms with Crippen LogP contribution in [-0.2, 0) is 17.8 Å². The number of nitrogens with zero attached hydrogens (tertiary/aromatic N) is 3. The maximum Gasteiger partial charge on any atom is 0.254 e. The molecule has 1 fully saturated rings. The molecule has 0 saturated carbocycles. The summed E-state index contributed by atoms with van der Waals surface area (Å²) in [6.45, 7) is 8.49. The molecule has 2 N–H and O–H groups in total. The van der Waals surface area contributed by atoms with Crippen LogP contribution in [0.25, 0.3) is 0 Å². The lowest BCUT2D eigenvalue weighted by atomic mass is 9.88. The van der Waals surface area contributed by atoms with Crippen molar-refractivity contribution in [2.45, 2.75) is 39.2 Å². The van der Waals surface area contributed by atoms with Gasteiger partial charge in [0.05, 0.1) is 11.6 Å². The van der Waals surface area contributed by atoms with Crippen LogP contribution in [0.1, 0.15) is 52.4 Å². The molecule has 2 aromatic carbocycles. The fraction of sp³-hybridized carbons (Fsp3) is 0.452. The van der Waals surface area contributed by atoms with Crippen molar-refractivity contribution >= 4 is 11.8 Å². The average molecular weight is 560 g/mol. The molecular weight excluding hydrogens is 522 g/mol. The molecule has 216 valence electrons. The third kappa shape index (κ3) is 5.88. The van der Waals surface area contributed by atoms with E-state index in [9.17, 15) is 9.59 Å². The Kier molecular flexibility index (Phi) is 7.82. The van der Waals surface area contributed by atoms with Gasteiger partial charge in [-0.1, -0.05) is 19.1 Å². The van der Waals surface area contributed by atoms with Crippen molar-refractivity contribution in [1.82, 2.24) is 25.1 Å². The molecule has 4 heterocycles. The monoisotopic (exact) mass is 559 g/mol. The highest BCUT2D eigenvalue weighted by molar-refractivity contribution is 5.96. The number of likely N-dealkylation sites (tertiary alicyclic amines) is 1. The minimum absolute atomic E-state index is 0.0262. The van der Waals surface area contributed by atoms with Crippen LogP contribution in [0.3, 0.4) is 0 Å². The molecule has 3 aromatic rings. The maximum absolute atomic E-state index is 13.5. The van der Waals surface area contributed by atoms with E-state index in [4.69, 9.17) is 19.2 Å². The Hall–Kier alpha value is -4.05. The lowest BCUT2D eigenvalue weighted by Gasteiger charge is -2.24. The summed E-state index contributed by atoms with van der Waals surface area (Å²) < 4.78 is 17.1. The number of carbonyl (C=O) groups excluding carboxylic acids is 2. The first-order valence-electron chi connectivity index (χ1n) is 14.4. The third-order valence-electron chi connectivity index (χ3n) is 8.22. The van der Waals surface area contributed by atoms with E-state index in [0.29, 0.717) is 43.3 Å². The molecule has 3 aliphatic rings. The molecule has 0 radical (unpaired) electrons. The number of H-pyrrole nitrogens is 1. The van der Waals surface area contributed by atoms with Crippen LogP contribution in [0.15, 0.2) is 42.5 Å². The Morgan fingerprint density at radius 2 is 1.90 bits per heavy atom. The fourth-order valence-electron chi connectivity index (χ4n) is 5.92. The number of amides is 2. The third-order valence-corrected chi connectivity index (χ3v) is 8.22. The molecule has 1 saturated heterocycles. The van der Waals surface area contributed by atoms with Crippen LogP contribution in [0.2, 0.25) is 0 Å². The molecule has 6 rings (SSSR count). The van der Waals surface area contributed by atoms with Gasteiger partial charge in [-0.05, 0) is 49.2 Å². The van der Waals surface area contributed by atoms with Gasteiger partial charge in [-0.25, -0.2) is 4.98 Å². The second-order valence-corrected chi connectivity index (χ2v) is 10.9. The smallest absolute Gasteiger partial charge is 0.254 e. The topological polar surface area (TPSA) is 109 Å².